The molecule has 0 aliphatic carbocycles. The van der Waals surface area contributed by atoms with E-state index in [9.17, 15) is 8.42 Å². The van der Waals surface area contributed by atoms with E-state index in [1.807, 2.05) is 0 Å². The van der Waals surface area contributed by atoms with Gasteiger partial charge in [0.1, 0.15) is 0 Å². The maximum Gasteiger partial charge on any atom is 0.227 e. The molecule has 0 radical (unpaired) electrons. The van der Waals surface area contributed by atoms with Crippen LogP contribution in [-0.4, -0.2) is 55.6 Å². The van der Waals surface area contributed by atoms with Crippen LogP contribution in [0.5, 0.6) is 0 Å². The molecule has 5 nitrogen and oxygen atoms in total. The molecular formula is C9H15N3O2S. The number of rotatable bonds is 2. The van der Waals surface area contributed by atoms with E-state index >= 15 is 0 Å². The molecule has 0 amide bonds. The standard InChI is InChI=1S/C9H15N3O2S/c10-3-7-15(13,14)12-6-5-11-4-1-2-9(11)8-12/h9H,1-2,4-8H2. The Morgan fingerprint density at radius 2 is 2.13 bits per heavy atom. The van der Waals surface area contributed by atoms with E-state index in [0.717, 1.165) is 25.9 Å². The molecule has 0 spiro atoms. The highest BCUT2D eigenvalue weighted by Crippen LogP contribution is 2.22. The molecule has 6 heteroatoms. The van der Waals surface area contributed by atoms with Crippen LogP contribution in [0.3, 0.4) is 0 Å². The first-order valence-corrected chi connectivity index (χ1v) is 6.83. The number of hydrogen-bond donors (Lipinski definition) is 0. The normalized spacial score (nSPS) is 28.6. The van der Waals surface area contributed by atoms with Gasteiger partial charge in [0.05, 0.1) is 6.07 Å². The predicted octanol–water partition coefficient (Wildman–Crippen LogP) is -0.380. The molecular weight excluding hydrogens is 214 g/mol. The molecule has 84 valence electrons. The van der Waals surface area contributed by atoms with Crippen molar-refractivity contribution in [2.24, 2.45) is 0 Å². The summed E-state index contributed by atoms with van der Waals surface area (Å²) in [6, 6.07) is 2.10. The Morgan fingerprint density at radius 1 is 1.33 bits per heavy atom. The highest BCUT2D eigenvalue weighted by atomic mass is 32.2. The number of sulfonamides is 1. The van der Waals surface area contributed by atoms with Gasteiger partial charge in [-0.1, -0.05) is 0 Å². The van der Waals surface area contributed by atoms with Crippen molar-refractivity contribution in [3.8, 4) is 6.07 Å². The molecule has 0 aromatic rings. The zero-order chi connectivity index (χ0) is 10.9. The maximum absolute atomic E-state index is 11.7. The third-order valence-corrected chi connectivity index (χ3v) is 4.80. The number of hydrogen-bond acceptors (Lipinski definition) is 4. The van der Waals surface area contributed by atoms with Gasteiger partial charge in [-0.3, -0.25) is 4.90 Å². The third kappa shape index (κ3) is 2.14. The van der Waals surface area contributed by atoms with Crippen molar-refractivity contribution >= 4 is 10.0 Å². The molecule has 0 saturated carbocycles. The summed E-state index contributed by atoms with van der Waals surface area (Å²) in [7, 11) is -3.33. The zero-order valence-corrected chi connectivity index (χ0v) is 9.41. The van der Waals surface area contributed by atoms with Crippen LogP contribution >= 0.6 is 0 Å². The van der Waals surface area contributed by atoms with Crippen LogP contribution in [0.25, 0.3) is 0 Å². The minimum absolute atomic E-state index is 0.382. The smallest absolute Gasteiger partial charge is 0.227 e. The zero-order valence-electron chi connectivity index (χ0n) is 8.59. The number of fused-ring (bicyclic) bond motifs is 1. The highest BCUT2D eigenvalue weighted by molar-refractivity contribution is 7.89. The third-order valence-electron chi connectivity index (χ3n) is 3.19. The Labute approximate surface area is 90.3 Å². The molecule has 15 heavy (non-hydrogen) atoms. The molecule has 1 unspecified atom stereocenters. The molecule has 2 aliphatic heterocycles. The van der Waals surface area contributed by atoms with E-state index in [0.29, 0.717) is 19.1 Å². The number of piperazine rings is 1. The lowest BCUT2D eigenvalue weighted by Gasteiger charge is -2.36. The molecule has 2 heterocycles. The van der Waals surface area contributed by atoms with Gasteiger partial charge in [-0.2, -0.15) is 9.57 Å². The lowest BCUT2D eigenvalue weighted by Crippen LogP contribution is -2.52. The van der Waals surface area contributed by atoms with Crippen molar-refractivity contribution in [2.75, 3.05) is 31.9 Å². The van der Waals surface area contributed by atoms with E-state index < -0.39 is 10.0 Å². The summed E-state index contributed by atoms with van der Waals surface area (Å²) in [6.07, 6.45) is 2.25. The molecule has 2 rings (SSSR count). The monoisotopic (exact) mass is 229 g/mol. The van der Waals surface area contributed by atoms with Crippen molar-refractivity contribution < 1.29 is 8.42 Å². The van der Waals surface area contributed by atoms with Gasteiger partial charge in [-0.25, -0.2) is 8.42 Å². The van der Waals surface area contributed by atoms with Crippen molar-refractivity contribution in [2.45, 2.75) is 18.9 Å². The van der Waals surface area contributed by atoms with Gasteiger partial charge in [0, 0.05) is 25.7 Å². The lowest BCUT2D eigenvalue weighted by atomic mass is 10.2. The van der Waals surface area contributed by atoms with Gasteiger partial charge in [0.15, 0.2) is 5.75 Å². The first-order chi connectivity index (χ1) is 7.13. The van der Waals surface area contributed by atoms with E-state index in [2.05, 4.69) is 4.90 Å². The highest BCUT2D eigenvalue weighted by Gasteiger charge is 2.35. The van der Waals surface area contributed by atoms with E-state index in [-0.39, 0.29) is 5.75 Å². The molecule has 0 aromatic carbocycles. The van der Waals surface area contributed by atoms with Crippen molar-refractivity contribution in [1.29, 1.82) is 5.26 Å². The number of nitrogens with zero attached hydrogens (tertiary/aromatic N) is 3. The number of nitriles is 1. The van der Waals surface area contributed by atoms with Crippen LogP contribution < -0.4 is 0 Å². The fraction of sp³-hybridized carbons (Fsp3) is 0.889. The summed E-state index contributed by atoms with van der Waals surface area (Å²) < 4.78 is 24.8. The Morgan fingerprint density at radius 3 is 2.87 bits per heavy atom. The van der Waals surface area contributed by atoms with Gasteiger partial charge in [-0.05, 0) is 19.4 Å². The summed E-state index contributed by atoms with van der Waals surface area (Å²) in [5, 5.41) is 8.45. The van der Waals surface area contributed by atoms with Crippen LogP contribution in [0.15, 0.2) is 0 Å². The molecule has 0 N–H and O–H groups in total. The molecule has 0 aromatic heterocycles. The van der Waals surface area contributed by atoms with Gasteiger partial charge in [0.2, 0.25) is 10.0 Å². The Kier molecular flexibility index (Phi) is 2.96. The predicted molar refractivity (Wildman–Crippen MR) is 55.6 cm³/mol. The maximum atomic E-state index is 11.7. The minimum atomic E-state index is -3.33. The SMILES string of the molecule is N#CCS(=O)(=O)N1CCN2CCCC2C1. The molecule has 0 bridgehead atoms. The fourth-order valence-electron chi connectivity index (χ4n) is 2.39. The van der Waals surface area contributed by atoms with Crippen LogP contribution in [0.1, 0.15) is 12.8 Å². The summed E-state index contributed by atoms with van der Waals surface area (Å²) in [4.78, 5) is 2.35. The van der Waals surface area contributed by atoms with Gasteiger partial charge >= 0.3 is 0 Å². The summed E-state index contributed by atoms with van der Waals surface area (Å²) in [6.45, 7) is 3.02. The van der Waals surface area contributed by atoms with Crippen LogP contribution in [-0.2, 0) is 10.0 Å². The van der Waals surface area contributed by atoms with Crippen molar-refractivity contribution in [1.82, 2.24) is 9.21 Å². The van der Waals surface area contributed by atoms with Crippen LogP contribution in [0, 0.1) is 11.3 Å². The summed E-state index contributed by atoms with van der Waals surface area (Å²) in [5.41, 5.74) is 0. The van der Waals surface area contributed by atoms with Gasteiger partial charge < -0.3 is 0 Å². The summed E-state index contributed by atoms with van der Waals surface area (Å²) >= 11 is 0. The quantitative estimate of drug-likeness (QED) is 0.647. The Bertz CT molecular complexity index is 373. The second kappa shape index (κ2) is 4.08. The first-order valence-electron chi connectivity index (χ1n) is 5.22. The van der Waals surface area contributed by atoms with Crippen LogP contribution in [0.2, 0.25) is 0 Å². The topological polar surface area (TPSA) is 64.4 Å². The average molecular weight is 229 g/mol. The van der Waals surface area contributed by atoms with Crippen LogP contribution in [0.4, 0.5) is 0 Å². The Balaban J connectivity index is 2.04. The van der Waals surface area contributed by atoms with Crippen molar-refractivity contribution in [3.63, 3.8) is 0 Å². The second-order valence-electron chi connectivity index (χ2n) is 4.10. The minimum Gasteiger partial charge on any atom is -0.298 e. The van der Waals surface area contributed by atoms with Gasteiger partial charge in [0.25, 0.3) is 0 Å². The molecule has 2 aliphatic rings. The second-order valence-corrected chi connectivity index (χ2v) is 6.07. The molecule has 2 saturated heterocycles. The van der Waals surface area contributed by atoms with Crippen molar-refractivity contribution in [3.05, 3.63) is 0 Å². The summed E-state index contributed by atoms with van der Waals surface area (Å²) in [5.74, 6) is -0.389. The van der Waals surface area contributed by atoms with E-state index in [4.69, 9.17) is 5.26 Å². The van der Waals surface area contributed by atoms with E-state index in [1.165, 1.54) is 4.31 Å². The van der Waals surface area contributed by atoms with E-state index in [1.54, 1.807) is 6.07 Å². The fourth-order valence-corrected chi connectivity index (χ4v) is 3.49. The lowest BCUT2D eigenvalue weighted by molar-refractivity contribution is 0.158. The molecule has 1 atom stereocenters. The average Bonchev–Trinajstić information content (AvgIpc) is 2.63. The first kappa shape index (κ1) is 10.9. The Hall–Kier alpha value is -0.640. The van der Waals surface area contributed by atoms with Gasteiger partial charge in [-0.15, -0.1) is 0 Å². The molecule has 2 fully saturated rings. The largest absolute Gasteiger partial charge is 0.298 e.